The fourth-order valence-corrected chi connectivity index (χ4v) is 4.93. The van der Waals surface area contributed by atoms with Crippen molar-refractivity contribution in [3.63, 3.8) is 0 Å². The number of ketones is 1. The van der Waals surface area contributed by atoms with Crippen molar-refractivity contribution in [3.8, 4) is 0 Å². The lowest BCUT2D eigenvalue weighted by molar-refractivity contribution is -0.140. The average molecular weight is 631 g/mol. The van der Waals surface area contributed by atoms with Gasteiger partial charge in [-0.1, -0.05) is 30.3 Å². The quantitative estimate of drug-likeness (QED) is 0.143. The molecule has 13 heteroatoms. The van der Waals surface area contributed by atoms with Gasteiger partial charge < -0.3 is 0 Å². The van der Waals surface area contributed by atoms with Crippen LogP contribution in [0.4, 0.5) is 48.3 Å². The Morgan fingerprint density at radius 2 is 1.30 bits per heavy atom. The second kappa shape index (κ2) is 12.0. The van der Waals surface area contributed by atoms with Crippen LogP contribution in [0.2, 0.25) is 0 Å². The summed E-state index contributed by atoms with van der Waals surface area (Å²) >= 11 is 0. The van der Waals surface area contributed by atoms with Gasteiger partial charge in [0.15, 0.2) is 5.78 Å². The zero-order valence-corrected chi connectivity index (χ0v) is 22.2. The molecule has 1 heterocycles. The molecule has 0 aliphatic carbocycles. The van der Waals surface area contributed by atoms with Crippen molar-refractivity contribution in [2.45, 2.75) is 43.2 Å². The summed E-state index contributed by atoms with van der Waals surface area (Å²) in [5.74, 6) is -4.05. The van der Waals surface area contributed by atoms with Gasteiger partial charge in [0.25, 0.3) is 0 Å². The average Bonchev–Trinajstić information content (AvgIpc) is 2.94. The van der Waals surface area contributed by atoms with Gasteiger partial charge in [0.1, 0.15) is 11.6 Å². The molecule has 232 valence electrons. The highest BCUT2D eigenvalue weighted by Crippen LogP contribution is 2.44. The molecule has 0 N–H and O–H groups in total. The van der Waals surface area contributed by atoms with Crippen LogP contribution in [0.5, 0.6) is 0 Å². The molecular weight excluding hydrogens is 611 g/mol. The van der Waals surface area contributed by atoms with Gasteiger partial charge in [-0.2, -0.15) is 39.5 Å². The van der Waals surface area contributed by atoms with E-state index in [1.54, 1.807) is 6.07 Å². The van der Waals surface area contributed by atoms with E-state index in [1.807, 2.05) is 0 Å². The van der Waals surface area contributed by atoms with Gasteiger partial charge in [-0.15, -0.1) is 0 Å². The van der Waals surface area contributed by atoms with E-state index in [0.717, 1.165) is 12.3 Å². The third-order valence-corrected chi connectivity index (χ3v) is 7.08. The Kier molecular flexibility index (Phi) is 8.90. The normalized spacial score (nSPS) is 13.9. The van der Waals surface area contributed by atoms with Crippen LogP contribution >= 0.6 is 0 Å². The molecule has 44 heavy (non-hydrogen) atoms. The van der Waals surface area contributed by atoms with Crippen molar-refractivity contribution in [2.75, 3.05) is 0 Å². The Morgan fingerprint density at radius 3 is 1.91 bits per heavy atom. The van der Waals surface area contributed by atoms with Gasteiger partial charge in [0, 0.05) is 23.6 Å². The van der Waals surface area contributed by atoms with Crippen LogP contribution in [-0.4, -0.2) is 10.8 Å². The summed E-state index contributed by atoms with van der Waals surface area (Å²) in [4.78, 5) is 17.2. The molecule has 0 aliphatic heterocycles. The van der Waals surface area contributed by atoms with E-state index in [-0.39, 0.29) is 18.6 Å². The summed E-state index contributed by atoms with van der Waals surface area (Å²) in [6.07, 6.45) is -16.1. The Balaban J connectivity index is 1.94. The molecule has 0 saturated carbocycles. The predicted octanol–water partition coefficient (Wildman–Crippen LogP) is 9.61. The summed E-state index contributed by atoms with van der Waals surface area (Å²) in [6, 6.07) is 11.7. The van der Waals surface area contributed by atoms with Crippen LogP contribution in [0.3, 0.4) is 0 Å². The Bertz CT molecular complexity index is 1640. The molecule has 3 aromatic carbocycles. The summed E-state index contributed by atoms with van der Waals surface area (Å²) in [5.41, 5.74) is -7.63. The van der Waals surface area contributed by atoms with Crippen LogP contribution in [0.25, 0.3) is 0 Å². The summed E-state index contributed by atoms with van der Waals surface area (Å²) < 4.78 is 151. The van der Waals surface area contributed by atoms with E-state index >= 15 is 0 Å². The summed E-state index contributed by atoms with van der Waals surface area (Å²) in [5, 5.41) is 0. The van der Waals surface area contributed by atoms with Crippen molar-refractivity contribution in [3.05, 3.63) is 136 Å². The van der Waals surface area contributed by atoms with Gasteiger partial charge in [0.2, 0.25) is 0 Å². The van der Waals surface area contributed by atoms with E-state index in [1.165, 1.54) is 24.3 Å². The Morgan fingerprint density at radius 1 is 0.659 bits per heavy atom. The van der Waals surface area contributed by atoms with Gasteiger partial charge in [0.05, 0.1) is 22.4 Å². The van der Waals surface area contributed by atoms with Gasteiger partial charge in [-0.05, 0) is 72.5 Å². The molecule has 4 rings (SSSR count). The van der Waals surface area contributed by atoms with E-state index in [0.29, 0.717) is 35.9 Å². The number of rotatable bonds is 8. The Labute approximate surface area is 243 Å². The fourth-order valence-electron chi connectivity index (χ4n) is 4.93. The number of carbonyl (C=O) groups excluding carboxylic acids is 1. The second-order valence-electron chi connectivity index (χ2n) is 10.0. The van der Waals surface area contributed by atoms with Crippen LogP contribution in [0.15, 0.2) is 85.1 Å². The number of alkyl halides is 9. The smallest absolute Gasteiger partial charge is 0.294 e. The zero-order valence-electron chi connectivity index (χ0n) is 22.2. The highest BCUT2D eigenvalue weighted by atomic mass is 19.4. The number of Topliss-reactive ketones (excluding diaryl/α,β-unsaturated/α-hetero) is 1. The first-order chi connectivity index (χ1) is 20.4. The third kappa shape index (κ3) is 7.25. The van der Waals surface area contributed by atoms with Crippen molar-refractivity contribution in [1.82, 2.24) is 4.98 Å². The van der Waals surface area contributed by atoms with E-state index in [4.69, 9.17) is 0 Å². The number of aromatic nitrogens is 1. The lowest BCUT2D eigenvalue weighted by Gasteiger charge is -2.35. The van der Waals surface area contributed by atoms with E-state index in [2.05, 4.69) is 4.98 Å². The van der Waals surface area contributed by atoms with E-state index < -0.39 is 87.7 Å². The first-order valence-electron chi connectivity index (χ1n) is 12.8. The topological polar surface area (TPSA) is 30.0 Å². The number of halogens is 11. The molecule has 1 aromatic heterocycles. The molecule has 0 spiro atoms. The molecule has 2 nitrogen and oxygen atoms in total. The number of pyridine rings is 1. The summed E-state index contributed by atoms with van der Waals surface area (Å²) in [6.45, 7) is 0. The van der Waals surface area contributed by atoms with Crippen molar-refractivity contribution in [1.29, 1.82) is 0 Å². The number of nitrogens with zero attached hydrogens (tertiary/aromatic N) is 1. The van der Waals surface area contributed by atoms with Gasteiger partial charge in [-0.3, -0.25) is 9.78 Å². The number of hydrogen-bond donors (Lipinski definition) is 0. The third-order valence-electron chi connectivity index (χ3n) is 7.08. The van der Waals surface area contributed by atoms with E-state index in [9.17, 15) is 53.1 Å². The number of carbonyl (C=O) groups is 1. The van der Waals surface area contributed by atoms with Crippen molar-refractivity contribution in [2.24, 2.45) is 0 Å². The standard InChI is InChI=1S/C31H20F11NO/c32-23-14-21(13-22(15-23)30(37,38)39)28(17-18-4-2-1-3-5-18,27-16-20(9-11-43-27)29(34,35)36)10-8-26(44)19-6-7-25(33)24(12-19)31(40,41)42/h1-7,9,11-16H,8,10,17H2. The van der Waals surface area contributed by atoms with Crippen LogP contribution in [-0.2, 0) is 30.4 Å². The minimum Gasteiger partial charge on any atom is -0.294 e. The zero-order chi connectivity index (χ0) is 32.5. The fraction of sp³-hybridized carbons (Fsp3) is 0.226. The molecule has 4 aromatic rings. The summed E-state index contributed by atoms with van der Waals surface area (Å²) in [7, 11) is 0. The highest BCUT2D eigenvalue weighted by Gasteiger charge is 2.42. The molecule has 1 atom stereocenters. The SMILES string of the molecule is O=C(CCC(Cc1ccccc1)(c1cc(F)cc(C(F)(F)F)c1)c1cc(C(F)(F)F)ccn1)c1ccc(F)c(C(F)(F)F)c1. The Hall–Kier alpha value is -4.29. The minimum atomic E-state index is -5.16. The molecule has 0 fully saturated rings. The maximum Gasteiger partial charge on any atom is 0.419 e. The molecule has 0 bridgehead atoms. The molecule has 0 radical (unpaired) electrons. The second-order valence-corrected chi connectivity index (χ2v) is 10.0. The maximum absolute atomic E-state index is 14.8. The minimum absolute atomic E-state index is 0.193. The number of benzene rings is 3. The lowest BCUT2D eigenvalue weighted by atomic mass is 9.68. The largest absolute Gasteiger partial charge is 0.419 e. The highest BCUT2D eigenvalue weighted by molar-refractivity contribution is 5.96. The number of hydrogen-bond acceptors (Lipinski definition) is 2. The maximum atomic E-state index is 14.8. The molecular formula is C31H20F11NO. The first kappa shape index (κ1) is 32.6. The molecule has 0 saturated heterocycles. The monoisotopic (exact) mass is 631 g/mol. The van der Waals surface area contributed by atoms with Gasteiger partial charge >= 0.3 is 18.5 Å². The molecule has 1 unspecified atom stereocenters. The molecule has 0 aliphatic rings. The lowest BCUT2D eigenvalue weighted by Crippen LogP contribution is -2.34. The van der Waals surface area contributed by atoms with Crippen LogP contribution in [0.1, 0.15) is 56.7 Å². The predicted molar refractivity (Wildman–Crippen MR) is 137 cm³/mol. The first-order valence-corrected chi connectivity index (χ1v) is 12.8. The van der Waals surface area contributed by atoms with Crippen LogP contribution < -0.4 is 0 Å². The molecule has 0 amide bonds. The van der Waals surface area contributed by atoms with Crippen molar-refractivity contribution < 1.29 is 53.1 Å². The van der Waals surface area contributed by atoms with Crippen LogP contribution in [0, 0.1) is 11.6 Å². The van der Waals surface area contributed by atoms with Gasteiger partial charge in [-0.25, -0.2) is 8.78 Å². The van der Waals surface area contributed by atoms with Crippen molar-refractivity contribution >= 4 is 5.78 Å².